The van der Waals surface area contributed by atoms with E-state index >= 15 is 0 Å². The van der Waals surface area contributed by atoms with Crippen LogP contribution in [0.4, 0.5) is 8.78 Å². The summed E-state index contributed by atoms with van der Waals surface area (Å²) in [5.41, 5.74) is 8.81. The van der Waals surface area contributed by atoms with Crippen molar-refractivity contribution >= 4 is 53.7 Å². The SMILES string of the molecule is CC[C@H]1OC(c2ccc(C)c(Cc3ccc(-c4ccc(F)cc4)s3)c2)[C@H](C)[C@@H](C)[C@@H]1C.Cc1ccc(C2O[C@H](CO)[C@@H](O)[C@H](O)[C@H]2O)cc1Cc1ccc(-c2ccc(F)cc2)s1.SI. The molecule has 6 nitrogen and oxygen atoms in total. The number of hydrogen-bond acceptors (Lipinski definition) is 9. The number of aryl methyl sites for hydroxylation is 2. The Labute approximate surface area is 402 Å². The first-order chi connectivity index (χ1) is 30.7. The number of aliphatic hydroxyl groups excluding tert-OH is 4. The molecule has 8 rings (SSSR count). The molecule has 6 aromatic rings. The fraction of sp³-hybridized carbons (Fsp3) is 0.385. The highest BCUT2D eigenvalue weighted by Gasteiger charge is 2.44. The number of aliphatic hydroxyl groups is 4. The minimum atomic E-state index is -1.41. The number of benzene rings is 4. The van der Waals surface area contributed by atoms with Crippen LogP contribution in [-0.2, 0) is 22.3 Å². The molecule has 0 radical (unpaired) electrons. The van der Waals surface area contributed by atoms with Gasteiger partial charge in [0.05, 0.1) is 18.8 Å². The molecular weight excluding hydrogens is 982 g/mol. The Morgan fingerprint density at radius 2 is 1.02 bits per heavy atom. The molecule has 12 heteroatoms. The number of thiol groups is 1. The maximum atomic E-state index is 13.2. The summed E-state index contributed by atoms with van der Waals surface area (Å²) in [6, 6.07) is 34.1. The molecule has 0 amide bonds. The molecular formula is C52H59F2IO6S3. The van der Waals surface area contributed by atoms with Crippen LogP contribution in [0.2, 0.25) is 0 Å². The van der Waals surface area contributed by atoms with Crippen molar-refractivity contribution in [2.75, 3.05) is 6.61 Å². The highest BCUT2D eigenvalue weighted by Crippen LogP contribution is 2.44. The molecule has 0 bridgehead atoms. The third-order valence-corrected chi connectivity index (χ3v) is 15.3. The molecule has 4 aromatic carbocycles. The van der Waals surface area contributed by atoms with Crippen LogP contribution in [0.1, 0.15) is 89.5 Å². The normalized spacial score (nSPS) is 25.5. The monoisotopic (exact) mass is 1040 g/mol. The molecule has 2 aromatic heterocycles. The Morgan fingerprint density at radius 1 is 0.562 bits per heavy atom. The summed E-state index contributed by atoms with van der Waals surface area (Å²) in [5, 5.41) is 40.0. The lowest BCUT2D eigenvalue weighted by molar-refractivity contribution is -0.231. The number of rotatable bonds is 10. The number of thiophene rings is 2. The summed E-state index contributed by atoms with van der Waals surface area (Å²) in [6.45, 7) is 13.0. The second-order valence-electron chi connectivity index (χ2n) is 17.1. The van der Waals surface area contributed by atoms with Crippen molar-refractivity contribution in [2.24, 2.45) is 17.8 Å². The summed E-state index contributed by atoms with van der Waals surface area (Å²) >= 11 is 5.27. The second kappa shape index (κ2) is 23.1. The summed E-state index contributed by atoms with van der Waals surface area (Å²) in [7, 11) is 3.50. The predicted molar refractivity (Wildman–Crippen MR) is 269 cm³/mol. The lowest BCUT2D eigenvalue weighted by Crippen LogP contribution is -2.55. The molecule has 0 aliphatic carbocycles. The molecule has 2 fully saturated rings. The first-order valence-corrected chi connectivity index (χ1v) is 26.6. The van der Waals surface area contributed by atoms with Crippen LogP contribution in [0.15, 0.2) is 109 Å². The van der Waals surface area contributed by atoms with Gasteiger partial charge in [0.15, 0.2) is 0 Å². The van der Waals surface area contributed by atoms with Crippen molar-refractivity contribution in [1.82, 2.24) is 0 Å². The van der Waals surface area contributed by atoms with Gasteiger partial charge in [0.1, 0.15) is 42.2 Å². The number of halogens is 3. The maximum Gasteiger partial charge on any atom is 0.123 e. The van der Waals surface area contributed by atoms with E-state index in [0.29, 0.717) is 35.8 Å². The predicted octanol–water partition coefficient (Wildman–Crippen LogP) is 12.4. The fourth-order valence-corrected chi connectivity index (χ4v) is 10.8. The zero-order valence-corrected chi connectivity index (χ0v) is 41.7. The first kappa shape index (κ1) is 50.4. The molecule has 4 heterocycles. The number of hydrogen-bond donors (Lipinski definition) is 5. The average Bonchev–Trinajstić information content (AvgIpc) is 3.98. The van der Waals surface area contributed by atoms with Gasteiger partial charge >= 0.3 is 0 Å². The minimum Gasteiger partial charge on any atom is -0.394 e. The van der Waals surface area contributed by atoms with E-state index in [2.05, 4.69) is 74.8 Å². The van der Waals surface area contributed by atoms with Gasteiger partial charge < -0.3 is 29.9 Å². The fourth-order valence-electron chi connectivity index (χ4n) is 8.73. The smallest absolute Gasteiger partial charge is 0.123 e. The number of ether oxygens (including phenoxy) is 2. The van der Waals surface area contributed by atoms with Crippen LogP contribution < -0.4 is 0 Å². The van der Waals surface area contributed by atoms with E-state index in [1.165, 1.54) is 50.7 Å². The zero-order valence-electron chi connectivity index (χ0n) is 37.0. The topological polar surface area (TPSA) is 99.4 Å². The quantitative estimate of drug-likeness (QED) is 0.0693. The highest BCUT2D eigenvalue weighted by molar-refractivity contribution is 14.2. The van der Waals surface area contributed by atoms with Crippen molar-refractivity contribution < 1.29 is 38.7 Å². The van der Waals surface area contributed by atoms with E-state index in [1.54, 1.807) is 34.8 Å². The van der Waals surface area contributed by atoms with E-state index in [-0.39, 0.29) is 17.7 Å². The highest BCUT2D eigenvalue weighted by atomic mass is 127. The summed E-state index contributed by atoms with van der Waals surface area (Å²) < 4.78 is 38.7. The molecule has 64 heavy (non-hydrogen) atoms. The maximum absolute atomic E-state index is 13.2. The van der Waals surface area contributed by atoms with Crippen LogP contribution >= 0.6 is 53.7 Å². The third-order valence-electron chi connectivity index (χ3n) is 13.1. The van der Waals surface area contributed by atoms with Crippen molar-refractivity contribution in [3.05, 3.63) is 164 Å². The lowest BCUT2D eigenvalue weighted by Gasteiger charge is -2.44. The molecule has 2 aliphatic heterocycles. The molecule has 0 spiro atoms. The van der Waals surface area contributed by atoms with E-state index in [0.717, 1.165) is 44.8 Å². The molecule has 342 valence electrons. The van der Waals surface area contributed by atoms with Crippen LogP contribution in [0.25, 0.3) is 20.9 Å². The average molecular weight is 1040 g/mol. The first-order valence-electron chi connectivity index (χ1n) is 21.8. The van der Waals surface area contributed by atoms with Crippen LogP contribution in [0.3, 0.4) is 0 Å². The van der Waals surface area contributed by atoms with Crippen LogP contribution in [0.5, 0.6) is 0 Å². The van der Waals surface area contributed by atoms with Crippen molar-refractivity contribution in [3.8, 4) is 20.9 Å². The zero-order chi connectivity index (χ0) is 46.2. The van der Waals surface area contributed by atoms with Crippen molar-refractivity contribution in [2.45, 2.75) is 104 Å². The van der Waals surface area contributed by atoms with Crippen LogP contribution in [-0.4, -0.2) is 57.6 Å². The second-order valence-corrected chi connectivity index (χ2v) is 19.4. The summed E-state index contributed by atoms with van der Waals surface area (Å²) in [6.07, 6.45) is -2.75. The largest absolute Gasteiger partial charge is 0.394 e. The van der Waals surface area contributed by atoms with Gasteiger partial charge in [0.25, 0.3) is 0 Å². The van der Waals surface area contributed by atoms with E-state index in [1.807, 2.05) is 70.6 Å². The Hall–Kier alpha value is -3.02. The van der Waals surface area contributed by atoms with Gasteiger partial charge in [-0.3, -0.25) is 0 Å². The van der Waals surface area contributed by atoms with Gasteiger partial charge in [-0.2, -0.15) is 0 Å². The van der Waals surface area contributed by atoms with Gasteiger partial charge in [0.2, 0.25) is 0 Å². The Bertz CT molecular complexity index is 2230. The van der Waals surface area contributed by atoms with Crippen molar-refractivity contribution in [3.63, 3.8) is 0 Å². The van der Waals surface area contributed by atoms with E-state index in [4.69, 9.17) is 9.47 Å². The summed E-state index contributed by atoms with van der Waals surface area (Å²) in [5.74, 6) is 1.28. The molecule has 0 saturated carbocycles. The molecule has 2 aliphatic rings. The lowest BCUT2D eigenvalue weighted by atomic mass is 9.74. The minimum absolute atomic E-state index is 0.161. The standard InChI is InChI=1S/C28H33FOS.C24H25FO5S.HIS/c1-6-26-19(4)18(3)20(5)28(30-26)22-8-7-17(2)23(15-22)16-25-13-14-27(31-25)21-9-11-24(29)12-10-21;1-13-2-3-15(24-23(29)22(28)21(27)19(12-26)30-24)10-16(13)11-18-8-9-20(31-18)14-4-6-17(25)7-5-14;1-2/h7-15,18-20,26,28H,6,16H2,1-5H3;2-10,19,21-24,26-29H,11-12H2,1H3;2H/t18-,19-,20+,26+,28?;19-,21-,22+,23-,24?;/m01./s1. The third kappa shape index (κ3) is 11.9. The molecule has 10 atom stereocenters. The molecule has 4 N–H and O–H groups in total. The Morgan fingerprint density at radius 3 is 1.47 bits per heavy atom. The summed E-state index contributed by atoms with van der Waals surface area (Å²) in [4.78, 5) is 4.69. The Kier molecular flexibility index (Phi) is 18.2. The molecule has 2 unspecified atom stereocenters. The van der Waals surface area contributed by atoms with Gasteiger partial charge in [-0.1, -0.05) is 88.4 Å². The van der Waals surface area contributed by atoms with Gasteiger partial charge in [-0.15, -0.1) is 32.5 Å². The van der Waals surface area contributed by atoms with E-state index < -0.39 is 37.1 Å². The van der Waals surface area contributed by atoms with Crippen LogP contribution in [0, 0.1) is 43.2 Å². The van der Waals surface area contributed by atoms with Gasteiger partial charge in [0, 0.05) is 32.4 Å². The Balaban J connectivity index is 0.000000205. The molecule has 2 saturated heterocycles. The van der Waals surface area contributed by atoms with Gasteiger partial charge in [-0.05, 0) is 152 Å². The van der Waals surface area contributed by atoms with Crippen molar-refractivity contribution in [1.29, 1.82) is 0 Å². The van der Waals surface area contributed by atoms with Gasteiger partial charge in [-0.25, -0.2) is 8.78 Å². The van der Waals surface area contributed by atoms with E-state index in [9.17, 15) is 29.2 Å².